The second-order valence-corrected chi connectivity index (χ2v) is 13.5. The fraction of sp³-hybridized carbons (Fsp3) is 0.923. The molecular formula is C39H77NO4. The molecule has 44 heavy (non-hydrogen) atoms. The molecule has 0 saturated heterocycles. The van der Waals surface area contributed by atoms with Crippen molar-refractivity contribution in [2.45, 2.75) is 225 Å². The Kier molecular flexibility index (Phi) is 34.2. The minimum atomic E-state index is -0.746. The van der Waals surface area contributed by atoms with Crippen LogP contribution in [0.25, 0.3) is 0 Å². The van der Waals surface area contributed by atoms with Gasteiger partial charge in [-0.1, -0.05) is 174 Å². The van der Waals surface area contributed by atoms with E-state index in [1.165, 1.54) is 141 Å². The molecule has 0 aliphatic heterocycles. The molecule has 0 rings (SSSR count). The van der Waals surface area contributed by atoms with Crippen molar-refractivity contribution in [1.82, 2.24) is 5.32 Å². The number of hydrogen-bond donors (Lipinski definition) is 4. The number of nitrogens with one attached hydrogen (secondary N) is 1. The van der Waals surface area contributed by atoms with Crippen LogP contribution in [0.2, 0.25) is 0 Å². The van der Waals surface area contributed by atoms with E-state index in [4.69, 9.17) is 0 Å². The molecule has 4 N–H and O–H groups in total. The van der Waals surface area contributed by atoms with Crippen molar-refractivity contribution in [3.05, 3.63) is 12.2 Å². The molecule has 262 valence electrons. The molecule has 0 heterocycles. The van der Waals surface area contributed by atoms with Crippen LogP contribution in [0, 0.1) is 0 Å². The quantitative estimate of drug-likeness (QED) is 0.0418. The van der Waals surface area contributed by atoms with Crippen molar-refractivity contribution in [3.8, 4) is 0 Å². The first-order valence-electron chi connectivity index (χ1n) is 19.5. The van der Waals surface area contributed by atoms with Gasteiger partial charge in [-0.25, -0.2) is 0 Å². The average Bonchev–Trinajstić information content (AvgIpc) is 3.01. The normalized spacial score (nSPS) is 13.8. The molecule has 0 saturated carbocycles. The zero-order valence-electron chi connectivity index (χ0n) is 29.6. The van der Waals surface area contributed by atoms with Crippen LogP contribution in [0.3, 0.4) is 0 Å². The largest absolute Gasteiger partial charge is 0.394 e. The highest BCUT2D eigenvalue weighted by molar-refractivity contribution is 5.76. The first kappa shape index (κ1) is 43.1. The van der Waals surface area contributed by atoms with Crippen LogP contribution in [0.1, 0.15) is 206 Å². The van der Waals surface area contributed by atoms with Gasteiger partial charge in [-0.3, -0.25) is 4.79 Å². The van der Waals surface area contributed by atoms with Gasteiger partial charge in [-0.05, 0) is 38.5 Å². The molecule has 0 spiro atoms. The summed E-state index contributed by atoms with van der Waals surface area (Å²) in [5.74, 6) is -0.288. The lowest BCUT2D eigenvalue weighted by Gasteiger charge is -2.23. The molecule has 3 atom stereocenters. The van der Waals surface area contributed by atoms with Crippen molar-refractivity contribution in [2.75, 3.05) is 6.61 Å². The molecule has 0 aliphatic carbocycles. The van der Waals surface area contributed by atoms with E-state index in [0.717, 1.165) is 32.1 Å². The molecule has 0 aliphatic rings. The maximum atomic E-state index is 12.4. The van der Waals surface area contributed by atoms with Crippen LogP contribution >= 0.6 is 0 Å². The number of aliphatic hydroxyl groups excluding tert-OH is 3. The van der Waals surface area contributed by atoms with Crippen LogP contribution in [0.15, 0.2) is 12.2 Å². The lowest BCUT2D eigenvalue weighted by atomic mass is 10.0. The van der Waals surface area contributed by atoms with Crippen LogP contribution in [0.4, 0.5) is 0 Å². The Morgan fingerprint density at radius 1 is 0.545 bits per heavy atom. The Balaban J connectivity index is 3.67. The molecule has 0 bridgehead atoms. The number of hydrogen-bond acceptors (Lipinski definition) is 4. The summed E-state index contributed by atoms with van der Waals surface area (Å²) >= 11 is 0. The van der Waals surface area contributed by atoms with Crippen molar-refractivity contribution in [3.63, 3.8) is 0 Å². The van der Waals surface area contributed by atoms with Gasteiger partial charge in [0.05, 0.1) is 31.3 Å². The standard InChI is InChI=1S/C39H77NO4/c1-3-5-7-9-11-13-15-17-19-20-22-24-26-28-30-32-36(42)34-39(44)40-37(35-41)38(43)33-31-29-27-25-23-21-18-16-14-12-10-8-6-4-2/h17,19,36-38,41-43H,3-16,18,20-35H2,1-2H3,(H,40,44)/b19-17-. The van der Waals surface area contributed by atoms with Gasteiger partial charge >= 0.3 is 0 Å². The topological polar surface area (TPSA) is 89.8 Å². The molecule has 0 fully saturated rings. The highest BCUT2D eigenvalue weighted by Gasteiger charge is 2.21. The first-order valence-corrected chi connectivity index (χ1v) is 19.5. The average molecular weight is 624 g/mol. The number of rotatable bonds is 35. The third kappa shape index (κ3) is 31.1. The Morgan fingerprint density at radius 3 is 1.32 bits per heavy atom. The van der Waals surface area contributed by atoms with Crippen LogP contribution in [-0.2, 0) is 4.79 Å². The van der Waals surface area contributed by atoms with E-state index in [0.29, 0.717) is 12.8 Å². The van der Waals surface area contributed by atoms with Crippen molar-refractivity contribution in [2.24, 2.45) is 0 Å². The van der Waals surface area contributed by atoms with Gasteiger partial charge in [0.25, 0.3) is 0 Å². The van der Waals surface area contributed by atoms with E-state index >= 15 is 0 Å². The summed E-state index contributed by atoms with van der Waals surface area (Å²) in [6, 6.07) is -0.656. The van der Waals surface area contributed by atoms with Gasteiger partial charge in [-0.2, -0.15) is 0 Å². The lowest BCUT2D eigenvalue weighted by Crippen LogP contribution is -2.46. The lowest BCUT2D eigenvalue weighted by molar-refractivity contribution is -0.125. The van der Waals surface area contributed by atoms with Crippen LogP contribution in [0.5, 0.6) is 0 Å². The second-order valence-electron chi connectivity index (χ2n) is 13.5. The zero-order chi connectivity index (χ0) is 32.4. The molecule has 3 unspecified atom stereocenters. The summed E-state index contributed by atoms with van der Waals surface area (Å²) in [6.07, 6.45) is 38.7. The third-order valence-corrected chi connectivity index (χ3v) is 9.08. The fourth-order valence-electron chi connectivity index (χ4n) is 6.05. The summed E-state index contributed by atoms with van der Waals surface area (Å²) in [4.78, 5) is 12.4. The Hall–Kier alpha value is -0.910. The van der Waals surface area contributed by atoms with E-state index in [1.807, 2.05) is 0 Å². The number of carbonyl (C=O) groups excluding carboxylic acids is 1. The van der Waals surface area contributed by atoms with Crippen molar-refractivity contribution in [1.29, 1.82) is 0 Å². The summed E-state index contributed by atoms with van der Waals surface area (Å²) in [5.41, 5.74) is 0. The molecule has 5 nitrogen and oxygen atoms in total. The molecular weight excluding hydrogens is 546 g/mol. The van der Waals surface area contributed by atoms with Gasteiger partial charge in [0.15, 0.2) is 0 Å². The monoisotopic (exact) mass is 624 g/mol. The Morgan fingerprint density at radius 2 is 0.909 bits per heavy atom. The summed E-state index contributed by atoms with van der Waals surface area (Å²) in [7, 11) is 0. The molecule has 1 amide bonds. The molecule has 5 heteroatoms. The maximum absolute atomic E-state index is 12.4. The molecule has 0 radical (unpaired) electrons. The Labute approximate surface area is 274 Å². The molecule has 0 aromatic heterocycles. The smallest absolute Gasteiger partial charge is 0.222 e. The van der Waals surface area contributed by atoms with Gasteiger partial charge in [0.2, 0.25) is 5.91 Å². The SMILES string of the molecule is CCCCCCCC/C=C\CCCCCCCC(O)CC(=O)NC(CO)C(O)CCCCCCCCCCCCCCCC. The minimum Gasteiger partial charge on any atom is -0.394 e. The highest BCUT2D eigenvalue weighted by Crippen LogP contribution is 2.15. The second kappa shape index (κ2) is 35.0. The van der Waals surface area contributed by atoms with Gasteiger partial charge in [0, 0.05) is 0 Å². The number of aliphatic hydroxyl groups is 3. The van der Waals surface area contributed by atoms with E-state index in [1.54, 1.807) is 0 Å². The predicted octanol–water partition coefficient (Wildman–Crippen LogP) is 10.5. The number of unbranched alkanes of at least 4 members (excludes halogenated alkanes) is 24. The van der Waals surface area contributed by atoms with E-state index in [9.17, 15) is 20.1 Å². The number of amides is 1. The minimum absolute atomic E-state index is 0.0332. The highest BCUT2D eigenvalue weighted by atomic mass is 16.3. The maximum Gasteiger partial charge on any atom is 0.222 e. The van der Waals surface area contributed by atoms with E-state index in [2.05, 4.69) is 31.3 Å². The summed E-state index contributed by atoms with van der Waals surface area (Å²) in [5, 5.41) is 33.2. The van der Waals surface area contributed by atoms with E-state index in [-0.39, 0.29) is 18.9 Å². The summed E-state index contributed by atoms with van der Waals surface area (Å²) in [6.45, 7) is 4.25. The van der Waals surface area contributed by atoms with Crippen molar-refractivity contribution >= 4 is 5.91 Å². The number of carbonyl (C=O) groups is 1. The summed E-state index contributed by atoms with van der Waals surface area (Å²) < 4.78 is 0. The Bertz CT molecular complexity index is 611. The third-order valence-electron chi connectivity index (χ3n) is 9.08. The first-order chi connectivity index (χ1) is 21.5. The van der Waals surface area contributed by atoms with E-state index < -0.39 is 18.2 Å². The van der Waals surface area contributed by atoms with Crippen LogP contribution < -0.4 is 5.32 Å². The van der Waals surface area contributed by atoms with Crippen LogP contribution in [-0.4, -0.2) is 46.1 Å². The fourth-order valence-corrected chi connectivity index (χ4v) is 6.05. The zero-order valence-corrected chi connectivity index (χ0v) is 29.6. The van der Waals surface area contributed by atoms with Gasteiger partial charge in [-0.15, -0.1) is 0 Å². The molecule has 0 aromatic rings. The number of allylic oxidation sites excluding steroid dienone is 2. The molecule has 0 aromatic carbocycles. The van der Waals surface area contributed by atoms with Gasteiger partial charge < -0.3 is 20.6 Å². The predicted molar refractivity (Wildman–Crippen MR) is 190 cm³/mol. The van der Waals surface area contributed by atoms with Gasteiger partial charge in [0.1, 0.15) is 0 Å². The van der Waals surface area contributed by atoms with Crippen molar-refractivity contribution < 1.29 is 20.1 Å².